The van der Waals surface area contributed by atoms with Gasteiger partial charge in [0.1, 0.15) is 5.94 Å². The summed E-state index contributed by atoms with van der Waals surface area (Å²) in [6.45, 7) is 10.2. The van der Waals surface area contributed by atoms with E-state index in [0.29, 0.717) is 6.54 Å². The van der Waals surface area contributed by atoms with Crippen molar-refractivity contribution in [3.8, 4) is 0 Å². The van der Waals surface area contributed by atoms with Gasteiger partial charge in [-0.1, -0.05) is 20.8 Å². The molecule has 4 nitrogen and oxygen atoms in total. The highest BCUT2D eigenvalue weighted by molar-refractivity contribution is 5.55. The van der Waals surface area contributed by atoms with Gasteiger partial charge >= 0.3 is 0 Å². The van der Waals surface area contributed by atoms with E-state index in [2.05, 4.69) is 11.3 Å². The Morgan fingerprint density at radius 1 is 1.05 bits per heavy atom. The lowest BCUT2D eigenvalue weighted by molar-refractivity contribution is 0.126. The molecule has 124 valence electrons. The van der Waals surface area contributed by atoms with Crippen molar-refractivity contribution in [2.75, 3.05) is 32.8 Å². The third-order valence-electron chi connectivity index (χ3n) is 3.47. The average Bonchev–Trinajstić information content (AvgIpc) is 2.42. The molecule has 0 aromatic carbocycles. The van der Waals surface area contributed by atoms with Crippen LogP contribution in [-0.4, -0.2) is 38.8 Å². The molecule has 0 radical (unpaired) electrons. The Labute approximate surface area is 130 Å². The highest BCUT2D eigenvalue weighted by atomic mass is 16.5. The molecular weight excluding hydrogens is 264 g/mol. The second kappa shape index (κ2) is 13.0. The molecule has 0 heterocycles. The molecule has 0 bridgehead atoms. The minimum atomic E-state index is -0.0908. The molecule has 0 aromatic rings. The first-order valence-corrected chi connectivity index (χ1v) is 8.25. The summed E-state index contributed by atoms with van der Waals surface area (Å²) in [5.74, 6) is 2.06. The van der Waals surface area contributed by atoms with Crippen molar-refractivity contribution < 1.29 is 9.53 Å². The van der Waals surface area contributed by atoms with Crippen LogP contribution in [0.2, 0.25) is 0 Å². The Hall–Kier alpha value is -0.670. The van der Waals surface area contributed by atoms with Gasteiger partial charge in [-0.05, 0) is 57.0 Å². The maximum Gasteiger partial charge on any atom is 0.125 e. The van der Waals surface area contributed by atoms with Crippen LogP contribution in [0.1, 0.15) is 59.3 Å². The standard InChI is InChI=1S/C17H34N2O2/c1-17(2,3)16(15-20)14-19-11-7-5-9-13-21-12-8-4-6-10-18/h19H,4-14,18H2,1-3H3. The number of carbonyl (C=O) groups excluding carboxylic acids is 1. The van der Waals surface area contributed by atoms with Crippen molar-refractivity contribution in [3.05, 3.63) is 5.57 Å². The van der Waals surface area contributed by atoms with E-state index >= 15 is 0 Å². The van der Waals surface area contributed by atoms with Crippen LogP contribution < -0.4 is 11.1 Å². The molecule has 0 spiro atoms. The topological polar surface area (TPSA) is 64.3 Å². The van der Waals surface area contributed by atoms with Crippen molar-refractivity contribution in [1.82, 2.24) is 5.32 Å². The average molecular weight is 298 g/mol. The molecule has 21 heavy (non-hydrogen) atoms. The van der Waals surface area contributed by atoms with Crippen LogP contribution in [0.4, 0.5) is 0 Å². The summed E-state index contributed by atoms with van der Waals surface area (Å²) >= 11 is 0. The molecule has 0 saturated carbocycles. The number of hydrogen-bond donors (Lipinski definition) is 2. The van der Waals surface area contributed by atoms with Gasteiger partial charge in [-0.3, -0.25) is 0 Å². The highest BCUT2D eigenvalue weighted by Crippen LogP contribution is 2.21. The van der Waals surface area contributed by atoms with E-state index in [1.54, 1.807) is 0 Å². The third-order valence-corrected chi connectivity index (χ3v) is 3.47. The van der Waals surface area contributed by atoms with E-state index in [1.807, 2.05) is 20.8 Å². The lowest BCUT2D eigenvalue weighted by Crippen LogP contribution is -2.25. The Morgan fingerprint density at radius 2 is 1.67 bits per heavy atom. The fourth-order valence-corrected chi connectivity index (χ4v) is 1.93. The number of rotatable bonds is 13. The molecule has 0 fully saturated rings. The van der Waals surface area contributed by atoms with Crippen LogP contribution in [0.25, 0.3) is 0 Å². The number of nitrogens with two attached hydrogens (primary N) is 1. The van der Waals surface area contributed by atoms with Crippen LogP contribution in [0.5, 0.6) is 0 Å². The maximum atomic E-state index is 10.9. The largest absolute Gasteiger partial charge is 0.381 e. The van der Waals surface area contributed by atoms with Crippen molar-refractivity contribution in [1.29, 1.82) is 0 Å². The Kier molecular flexibility index (Phi) is 12.6. The number of ether oxygens (including phenoxy) is 1. The van der Waals surface area contributed by atoms with Gasteiger partial charge in [0.05, 0.1) is 0 Å². The van der Waals surface area contributed by atoms with Crippen LogP contribution in [0.15, 0.2) is 5.57 Å². The molecule has 0 saturated heterocycles. The van der Waals surface area contributed by atoms with Gasteiger partial charge in [-0.25, -0.2) is 4.79 Å². The molecule has 0 aromatic heterocycles. The monoisotopic (exact) mass is 298 g/mol. The van der Waals surface area contributed by atoms with E-state index in [1.165, 1.54) is 6.42 Å². The zero-order valence-electron chi connectivity index (χ0n) is 14.2. The summed E-state index contributed by atoms with van der Waals surface area (Å²) in [7, 11) is 0. The predicted octanol–water partition coefficient (Wildman–Crippen LogP) is 2.70. The summed E-state index contributed by atoms with van der Waals surface area (Å²) in [6.07, 6.45) is 6.76. The second-order valence-corrected chi connectivity index (χ2v) is 6.53. The van der Waals surface area contributed by atoms with Gasteiger partial charge in [-0.15, -0.1) is 0 Å². The fourth-order valence-electron chi connectivity index (χ4n) is 1.93. The lowest BCUT2D eigenvalue weighted by Gasteiger charge is -2.19. The lowest BCUT2D eigenvalue weighted by atomic mass is 9.87. The van der Waals surface area contributed by atoms with E-state index < -0.39 is 0 Å². The van der Waals surface area contributed by atoms with Crippen LogP contribution >= 0.6 is 0 Å². The molecule has 0 aliphatic rings. The third kappa shape index (κ3) is 12.8. The van der Waals surface area contributed by atoms with E-state index in [0.717, 1.165) is 64.0 Å². The summed E-state index contributed by atoms with van der Waals surface area (Å²) in [4.78, 5) is 10.9. The first-order valence-electron chi connectivity index (χ1n) is 8.25. The van der Waals surface area contributed by atoms with E-state index in [4.69, 9.17) is 10.5 Å². The molecule has 0 unspecified atom stereocenters. The summed E-state index contributed by atoms with van der Waals surface area (Å²) < 4.78 is 5.57. The molecule has 0 rings (SSSR count). The van der Waals surface area contributed by atoms with Gasteiger partial charge < -0.3 is 15.8 Å². The Bertz CT molecular complexity index is 292. The quantitative estimate of drug-likeness (QED) is 0.405. The number of hydrogen-bond acceptors (Lipinski definition) is 4. The normalized spacial score (nSPS) is 11.4. The van der Waals surface area contributed by atoms with Gasteiger partial charge in [-0.2, -0.15) is 0 Å². The summed E-state index contributed by atoms with van der Waals surface area (Å²) in [5, 5.41) is 3.32. The second-order valence-electron chi connectivity index (χ2n) is 6.53. The predicted molar refractivity (Wildman–Crippen MR) is 89.1 cm³/mol. The van der Waals surface area contributed by atoms with E-state index in [-0.39, 0.29) is 5.41 Å². The Balaban J connectivity index is 3.32. The highest BCUT2D eigenvalue weighted by Gasteiger charge is 2.17. The van der Waals surface area contributed by atoms with Gasteiger partial charge in [0.15, 0.2) is 0 Å². The fraction of sp³-hybridized carbons (Fsp3) is 0.882. The number of unbranched alkanes of at least 4 members (excludes halogenated alkanes) is 4. The zero-order chi connectivity index (χ0) is 16.0. The summed E-state index contributed by atoms with van der Waals surface area (Å²) in [5.41, 5.74) is 6.15. The molecule has 0 aliphatic carbocycles. The summed E-state index contributed by atoms with van der Waals surface area (Å²) in [6, 6.07) is 0. The van der Waals surface area contributed by atoms with Crippen molar-refractivity contribution in [2.24, 2.45) is 11.1 Å². The van der Waals surface area contributed by atoms with Crippen molar-refractivity contribution in [2.45, 2.75) is 59.3 Å². The Morgan fingerprint density at radius 3 is 2.19 bits per heavy atom. The first kappa shape index (κ1) is 20.3. The minimum Gasteiger partial charge on any atom is -0.381 e. The van der Waals surface area contributed by atoms with Crippen LogP contribution in [0.3, 0.4) is 0 Å². The first-order chi connectivity index (χ1) is 10.0. The minimum absolute atomic E-state index is 0.0908. The smallest absolute Gasteiger partial charge is 0.125 e. The number of nitrogens with one attached hydrogen (secondary N) is 1. The van der Waals surface area contributed by atoms with Gasteiger partial charge in [0.2, 0.25) is 0 Å². The van der Waals surface area contributed by atoms with Crippen molar-refractivity contribution in [3.63, 3.8) is 0 Å². The van der Waals surface area contributed by atoms with Crippen LogP contribution in [0, 0.1) is 5.41 Å². The molecule has 0 aliphatic heterocycles. The molecule has 0 amide bonds. The van der Waals surface area contributed by atoms with Crippen LogP contribution in [-0.2, 0) is 9.53 Å². The zero-order valence-corrected chi connectivity index (χ0v) is 14.2. The SMILES string of the molecule is CC(C)(C)C(=C=O)CNCCCCCOCCCCCN. The molecule has 4 heteroatoms. The van der Waals surface area contributed by atoms with Gasteiger partial charge in [0.25, 0.3) is 0 Å². The molecular formula is C17H34N2O2. The van der Waals surface area contributed by atoms with Gasteiger partial charge in [0, 0.05) is 25.3 Å². The maximum absolute atomic E-state index is 10.9. The molecule has 0 atom stereocenters. The van der Waals surface area contributed by atoms with Crippen molar-refractivity contribution >= 4 is 5.94 Å². The van der Waals surface area contributed by atoms with E-state index in [9.17, 15) is 4.79 Å². The molecule has 3 N–H and O–H groups in total.